The molecule has 0 spiro atoms. The molecule has 156 valence electrons. The zero-order chi connectivity index (χ0) is 21.2. The Hall–Kier alpha value is -3.32. The van der Waals surface area contributed by atoms with Gasteiger partial charge in [-0.1, -0.05) is 48.9 Å². The predicted octanol–water partition coefficient (Wildman–Crippen LogP) is 5.36. The molecule has 31 heavy (non-hydrogen) atoms. The molecule has 1 N–H and O–H groups in total. The van der Waals surface area contributed by atoms with Gasteiger partial charge >= 0.3 is 0 Å². The Kier molecular flexibility index (Phi) is 5.34. The van der Waals surface area contributed by atoms with Crippen LogP contribution in [0.5, 0.6) is 0 Å². The van der Waals surface area contributed by atoms with E-state index in [0.29, 0.717) is 12.5 Å². The van der Waals surface area contributed by atoms with Gasteiger partial charge < -0.3 is 9.88 Å². The molecule has 0 unspecified atom stereocenters. The number of para-hydroxylation sites is 1. The second kappa shape index (κ2) is 8.43. The molecule has 7 heteroatoms. The van der Waals surface area contributed by atoms with Crippen molar-refractivity contribution in [1.82, 2.24) is 25.1 Å². The van der Waals surface area contributed by atoms with Gasteiger partial charge in [0, 0.05) is 29.8 Å². The Morgan fingerprint density at radius 3 is 2.81 bits per heavy atom. The number of hydrogen-bond donors (Lipinski definition) is 1. The van der Waals surface area contributed by atoms with Crippen molar-refractivity contribution in [3.8, 4) is 22.0 Å². The molecule has 0 saturated heterocycles. The zero-order valence-corrected chi connectivity index (χ0v) is 18.1. The molecule has 1 saturated carbocycles. The van der Waals surface area contributed by atoms with Crippen molar-refractivity contribution in [2.24, 2.45) is 0 Å². The minimum atomic E-state index is 0.0501. The van der Waals surface area contributed by atoms with Crippen LogP contribution >= 0.6 is 11.3 Å². The fourth-order valence-electron chi connectivity index (χ4n) is 3.99. The number of nitrogens with one attached hydrogen (secondary N) is 1. The first-order valence-corrected chi connectivity index (χ1v) is 11.4. The van der Waals surface area contributed by atoms with Gasteiger partial charge in [-0.15, -0.1) is 21.5 Å². The van der Waals surface area contributed by atoms with Crippen molar-refractivity contribution in [2.75, 3.05) is 0 Å². The third-order valence-corrected chi connectivity index (χ3v) is 6.79. The lowest BCUT2D eigenvalue weighted by Gasteiger charge is -2.13. The maximum Gasteiger partial charge on any atom is 0.223 e. The first-order chi connectivity index (χ1) is 15.2. The second-order valence-electron chi connectivity index (χ2n) is 7.75. The lowest BCUT2D eigenvalue weighted by molar-refractivity contribution is -0.119. The van der Waals surface area contributed by atoms with Crippen molar-refractivity contribution < 1.29 is 4.79 Å². The van der Waals surface area contributed by atoms with Crippen molar-refractivity contribution in [3.05, 3.63) is 66.6 Å². The summed E-state index contributed by atoms with van der Waals surface area (Å²) in [6.07, 6.45) is 7.08. The molecule has 0 radical (unpaired) electrons. The molecule has 0 bridgehead atoms. The summed E-state index contributed by atoms with van der Waals surface area (Å²) in [4.78, 5) is 16.3. The number of benzene rings is 2. The van der Waals surface area contributed by atoms with Gasteiger partial charge in [-0.2, -0.15) is 0 Å². The normalized spacial score (nSPS) is 17.5. The van der Waals surface area contributed by atoms with Crippen molar-refractivity contribution in [3.63, 3.8) is 0 Å². The van der Waals surface area contributed by atoms with E-state index in [1.165, 1.54) is 10.3 Å². The molecule has 2 aromatic heterocycles. The maximum absolute atomic E-state index is 11.5. The molecular formula is C24H23N5OS. The monoisotopic (exact) mass is 429 g/mol. The summed E-state index contributed by atoms with van der Waals surface area (Å²) in [5.74, 6) is 0.925. The minimum Gasteiger partial charge on any atom is -0.333 e. The third-order valence-electron chi connectivity index (χ3n) is 5.71. The first-order valence-electron chi connectivity index (χ1n) is 10.5. The van der Waals surface area contributed by atoms with Crippen LogP contribution in [0.15, 0.2) is 66.6 Å². The van der Waals surface area contributed by atoms with Crippen LogP contribution in [-0.2, 0) is 4.79 Å². The Morgan fingerprint density at radius 1 is 1.19 bits per heavy atom. The van der Waals surface area contributed by atoms with Crippen LogP contribution < -0.4 is 5.32 Å². The molecule has 1 amide bonds. The van der Waals surface area contributed by atoms with E-state index < -0.39 is 0 Å². The standard InChI is InChI=1S/C24H23N5OS/c1-2-22(30)25-14-16-7-12-19(13-16)29-15-26-28-23(29)17-8-10-18(11-9-17)24-27-20-5-3-4-6-21(20)31-24/h3-6,8-11,14-15,19H,2,7,12-13H2,1H3,(H,25,30)/b16-14+/t19-/m1/s1. The number of allylic oxidation sites excluding steroid dienone is 1. The Balaban J connectivity index is 1.35. The van der Waals surface area contributed by atoms with E-state index in [1.54, 1.807) is 11.3 Å². The molecule has 1 aliphatic carbocycles. The van der Waals surface area contributed by atoms with E-state index in [-0.39, 0.29) is 5.91 Å². The number of amides is 1. The maximum atomic E-state index is 11.5. The van der Waals surface area contributed by atoms with E-state index in [9.17, 15) is 4.79 Å². The Bertz CT molecular complexity index is 1220. The van der Waals surface area contributed by atoms with Gasteiger partial charge in [-0.25, -0.2) is 4.98 Å². The van der Waals surface area contributed by atoms with Crippen molar-refractivity contribution >= 4 is 27.5 Å². The van der Waals surface area contributed by atoms with Crippen LogP contribution in [0.3, 0.4) is 0 Å². The minimum absolute atomic E-state index is 0.0501. The van der Waals surface area contributed by atoms with E-state index in [4.69, 9.17) is 4.98 Å². The highest BCUT2D eigenvalue weighted by Crippen LogP contribution is 2.36. The average Bonchev–Trinajstić information content (AvgIpc) is 3.56. The number of nitrogens with zero attached hydrogens (tertiary/aromatic N) is 4. The fraction of sp³-hybridized carbons (Fsp3) is 0.250. The van der Waals surface area contributed by atoms with E-state index in [2.05, 4.69) is 50.4 Å². The zero-order valence-electron chi connectivity index (χ0n) is 17.3. The summed E-state index contributed by atoms with van der Waals surface area (Å²) in [6, 6.07) is 16.9. The highest BCUT2D eigenvalue weighted by Gasteiger charge is 2.24. The Morgan fingerprint density at radius 2 is 2.00 bits per heavy atom. The van der Waals surface area contributed by atoms with Gasteiger partial charge in [-0.05, 0) is 31.4 Å². The van der Waals surface area contributed by atoms with Crippen LogP contribution in [0.1, 0.15) is 38.6 Å². The molecule has 0 aliphatic heterocycles. The number of carbonyl (C=O) groups is 1. The molecule has 6 nitrogen and oxygen atoms in total. The molecule has 1 atom stereocenters. The molecule has 1 aliphatic rings. The fourth-order valence-corrected chi connectivity index (χ4v) is 4.96. The van der Waals surface area contributed by atoms with Crippen LogP contribution in [-0.4, -0.2) is 25.7 Å². The number of hydrogen-bond acceptors (Lipinski definition) is 5. The van der Waals surface area contributed by atoms with Gasteiger partial charge in [0.25, 0.3) is 0 Å². The molecule has 5 rings (SSSR count). The van der Waals surface area contributed by atoms with E-state index >= 15 is 0 Å². The van der Waals surface area contributed by atoms with Crippen LogP contribution in [0, 0.1) is 0 Å². The van der Waals surface area contributed by atoms with Gasteiger partial charge in [-0.3, -0.25) is 4.79 Å². The quantitative estimate of drug-likeness (QED) is 0.464. The summed E-state index contributed by atoms with van der Waals surface area (Å²) >= 11 is 1.71. The van der Waals surface area contributed by atoms with Crippen molar-refractivity contribution in [2.45, 2.75) is 38.6 Å². The Labute approximate surface area is 184 Å². The van der Waals surface area contributed by atoms with Gasteiger partial charge in [0.2, 0.25) is 5.91 Å². The van der Waals surface area contributed by atoms with Crippen LogP contribution in [0.25, 0.3) is 32.2 Å². The topological polar surface area (TPSA) is 72.7 Å². The van der Waals surface area contributed by atoms with E-state index in [0.717, 1.165) is 46.7 Å². The third kappa shape index (κ3) is 4.01. The second-order valence-corrected chi connectivity index (χ2v) is 8.78. The number of rotatable bonds is 5. The highest BCUT2D eigenvalue weighted by molar-refractivity contribution is 7.21. The number of carbonyl (C=O) groups excluding carboxylic acids is 1. The summed E-state index contributed by atoms with van der Waals surface area (Å²) in [6.45, 7) is 1.86. The molecule has 2 aromatic carbocycles. The largest absolute Gasteiger partial charge is 0.333 e. The SMILES string of the molecule is CCC(=O)N/C=C1\CC[C@@H](n2cnnc2-c2ccc(-c3nc4ccccc4s3)cc2)C1. The van der Waals surface area contributed by atoms with Crippen molar-refractivity contribution in [1.29, 1.82) is 0 Å². The van der Waals surface area contributed by atoms with E-state index in [1.807, 2.05) is 37.7 Å². The van der Waals surface area contributed by atoms with Gasteiger partial charge in [0.15, 0.2) is 5.82 Å². The number of thiazole rings is 1. The van der Waals surface area contributed by atoms with Gasteiger partial charge in [0.1, 0.15) is 11.3 Å². The number of fused-ring (bicyclic) bond motifs is 1. The lowest BCUT2D eigenvalue weighted by atomic mass is 10.1. The summed E-state index contributed by atoms with van der Waals surface area (Å²) in [5.41, 5.74) is 4.44. The van der Waals surface area contributed by atoms with Crippen LogP contribution in [0.2, 0.25) is 0 Å². The molecular weight excluding hydrogens is 406 g/mol. The molecule has 4 aromatic rings. The lowest BCUT2D eigenvalue weighted by Crippen LogP contribution is -2.15. The smallest absolute Gasteiger partial charge is 0.223 e. The molecule has 2 heterocycles. The number of aromatic nitrogens is 4. The summed E-state index contributed by atoms with van der Waals surface area (Å²) in [5, 5.41) is 12.5. The van der Waals surface area contributed by atoms with Crippen LogP contribution in [0.4, 0.5) is 0 Å². The summed E-state index contributed by atoms with van der Waals surface area (Å²) < 4.78 is 3.36. The van der Waals surface area contributed by atoms with Gasteiger partial charge in [0.05, 0.1) is 10.2 Å². The predicted molar refractivity (Wildman–Crippen MR) is 123 cm³/mol. The average molecular weight is 430 g/mol. The molecule has 1 fully saturated rings. The first kappa shape index (κ1) is 19.6. The summed E-state index contributed by atoms with van der Waals surface area (Å²) in [7, 11) is 0. The highest BCUT2D eigenvalue weighted by atomic mass is 32.1.